The minimum atomic E-state index is -3.66. The number of carbonyl (C=O) groups excluding carboxylic acids is 1. The van der Waals surface area contributed by atoms with Crippen LogP contribution in [0, 0.1) is 0 Å². The standard InChI is InChI=1S/C23H21Cl3N4O5S/c1-2-9-36(34,35)19-10-20(28-13-16(19)24)30(8-7-21(31)32)15-5-3-14(4-6-15)23(33)29-22-17(25)11-27-12-18(22)26/h3-6,10-13H,2,7-9H2,1H3,(H,31,32)(H,27,29,33). The largest absolute Gasteiger partial charge is 0.481 e. The number of carbonyl (C=O) groups is 2. The van der Waals surface area contributed by atoms with Crippen molar-refractivity contribution in [3.05, 3.63) is 69.6 Å². The van der Waals surface area contributed by atoms with E-state index < -0.39 is 21.7 Å². The lowest BCUT2D eigenvalue weighted by atomic mass is 10.1. The zero-order valence-corrected chi connectivity index (χ0v) is 22.0. The van der Waals surface area contributed by atoms with Gasteiger partial charge in [0.25, 0.3) is 5.91 Å². The number of nitrogens with zero attached hydrogens (tertiary/aromatic N) is 3. The Bertz CT molecular complexity index is 1360. The second-order valence-electron chi connectivity index (χ2n) is 7.57. The number of carboxylic acid groups (broad SMARTS) is 1. The topological polar surface area (TPSA) is 130 Å². The SMILES string of the molecule is CCCS(=O)(=O)c1cc(N(CCC(=O)O)c2ccc(C(=O)Nc3c(Cl)cncc3Cl)cc2)ncc1Cl. The zero-order valence-electron chi connectivity index (χ0n) is 18.9. The quantitative estimate of drug-likeness (QED) is 0.327. The summed E-state index contributed by atoms with van der Waals surface area (Å²) in [7, 11) is -3.66. The lowest BCUT2D eigenvalue weighted by Crippen LogP contribution is -2.22. The molecule has 0 fully saturated rings. The molecule has 1 amide bonds. The first kappa shape index (κ1) is 27.7. The Morgan fingerprint density at radius 1 is 1.03 bits per heavy atom. The lowest BCUT2D eigenvalue weighted by molar-refractivity contribution is -0.136. The van der Waals surface area contributed by atoms with Gasteiger partial charge in [-0.2, -0.15) is 0 Å². The van der Waals surface area contributed by atoms with Gasteiger partial charge in [-0.25, -0.2) is 13.4 Å². The van der Waals surface area contributed by atoms with Crippen LogP contribution in [0.5, 0.6) is 0 Å². The van der Waals surface area contributed by atoms with E-state index in [0.717, 1.165) is 0 Å². The summed E-state index contributed by atoms with van der Waals surface area (Å²) in [5.41, 5.74) is 0.981. The molecule has 0 unspecified atom stereocenters. The maximum atomic E-state index is 12.7. The fourth-order valence-electron chi connectivity index (χ4n) is 3.27. The van der Waals surface area contributed by atoms with Crippen molar-refractivity contribution in [1.82, 2.24) is 9.97 Å². The molecular weight excluding hydrogens is 551 g/mol. The molecule has 190 valence electrons. The van der Waals surface area contributed by atoms with E-state index in [4.69, 9.17) is 34.8 Å². The number of pyridine rings is 2. The van der Waals surface area contributed by atoms with Gasteiger partial charge in [0.15, 0.2) is 9.84 Å². The molecular formula is C23H21Cl3N4O5S. The van der Waals surface area contributed by atoms with Gasteiger partial charge in [-0.05, 0) is 30.7 Å². The summed E-state index contributed by atoms with van der Waals surface area (Å²) in [5.74, 6) is -1.43. The number of amides is 1. The van der Waals surface area contributed by atoms with Crippen molar-refractivity contribution in [3.63, 3.8) is 0 Å². The van der Waals surface area contributed by atoms with Crippen LogP contribution < -0.4 is 10.2 Å². The molecule has 0 radical (unpaired) electrons. The van der Waals surface area contributed by atoms with Crippen LogP contribution >= 0.6 is 34.8 Å². The maximum Gasteiger partial charge on any atom is 0.305 e. The van der Waals surface area contributed by atoms with Gasteiger partial charge in [0.05, 0.1) is 37.8 Å². The molecule has 3 aromatic rings. The molecule has 0 aliphatic rings. The van der Waals surface area contributed by atoms with Crippen LogP contribution in [-0.4, -0.2) is 47.7 Å². The van der Waals surface area contributed by atoms with Crippen molar-refractivity contribution in [2.24, 2.45) is 0 Å². The molecule has 0 saturated carbocycles. The third kappa shape index (κ3) is 6.64. The van der Waals surface area contributed by atoms with Crippen LogP contribution in [0.2, 0.25) is 15.1 Å². The number of benzene rings is 1. The summed E-state index contributed by atoms with van der Waals surface area (Å²) in [6.07, 6.45) is 4.07. The molecule has 2 heterocycles. The normalized spacial score (nSPS) is 11.2. The van der Waals surface area contributed by atoms with Crippen molar-refractivity contribution >= 4 is 73.7 Å². The van der Waals surface area contributed by atoms with Crippen LogP contribution in [0.15, 0.2) is 53.8 Å². The molecule has 0 atom stereocenters. The fourth-order valence-corrected chi connectivity index (χ4v) is 5.57. The van der Waals surface area contributed by atoms with Gasteiger partial charge in [0.1, 0.15) is 5.82 Å². The molecule has 3 rings (SSSR count). The van der Waals surface area contributed by atoms with Gasteiger partial charge in [0.2, 0.25) is 0 Å². The number of sulfone groups is 1. The summed E-state index contributed by atoms with van der Waals surface area (Å²) >= 11 is 18.2. The Kier molecular flexibility index (Phi) is 9.13. The smallest absolute Gasteiger partial charge is 0.305 e. The number of aliphatic carboxylic acids is 1. The van der Waals surface area contributed by atoms with Gasteiger partial charge >= 0.3 is 5.97 Å². The van der Waals surface area contributed by atoms with Gasteiger partial charge in [-0.15, -0.1) is 0 Å². The zero-order chi connectivity index (χ0) is 26.5. The Labute approximate surface area is 223 Å². The highest BCUT2D eigenvalue weighted by Gasteiger charge is 2.22. The average molecular weight is 572 g/mol. The summed E-state index contributed by atoms with van der Waals surface area (Å²) < 4.78 is 25.3. The van der Waals surface area contributed by atoms with E-state index in [1.165, 1.54) is 41.7 Å². The van der Waals surface area contributed by atoms with Gasteiger partial charge < -0.3 is 15.3 Å². The fraction of sp³-hybridized carbons (Fsp3) is 0.217. The number of hydrogen-bond acceptors (Lipinski definition) is 7. The third-order valence-corrected chi connectivity index (χ3v) is 7.91. The van der Waals surface area contributed by atoms with Crippen molar-refractivity contribution in [2.45, 2.75) is 24.7 Å². The number of halogens is 3. The first-order valence-corrected chi connectivity index (χ1v) is 13.4. The summed E-state index contributed by atoms with van der Waals surface area (Å²) in [6.45, 7) is 1.73. The molecule has 0 aliphatic carbocycles. The van der Waals surface area contributed by atoms with E-state index in [2.05, 4.69) is 15.3 Å². The number of anilines is 3. The number of hydrogen-bond donors (Lipinski definition) is 2. The van der Waals surface area contributed by atoms with E-state index in [9.17, 15) is 23.1 Å². The second-order valence-corrected chi connectivity index (χ2v) is 10.9. The van der Waals surface area contributed by atoms with Crippen LogP contribution in [0.1, 0.15) is 30.1 Å². The van der Waals surface area contributed by atoms with Crippen LogP contribution in [0.25, 0.3) is 0 Å². The van der Waals surface area contributed by atoms with E-state index in [0.29, 0.717) is 12.1 Å². The molecule has 1 aromatic carbocycles. The van der Waals surface area contributed by atoms with E-state index in [-0.39, 0.29) is 55.8 Å². The molecule has 9 nitrogen and oxygen atoms in total. The molecule has 2 aromatic heterocycles. The highest BCUT2D eigenvalue weighted by Crippen LogP contribution is 2.32. The van der Waals surface area contributed by atoms with Crippen LogP contribution in [-0.2, 0) is 14.6 Å². The first-order chi connectivity index (χ1) is 17.0. The van der Waals surface area contributed by atoms with E-state index >= 15 is 0 Å². The predicted octanol–water partition coefficient (Wildman–Crippen LogP) is 5.49. The minimum absolute atomic E-state index is 0.00892. The van der Waals surface area contributed by atoms with Crippen LogP contribution in [0.3, 0.4) is 0 Å². The third-order valence-electron chi connectivity index (χ3n) is 4.97. The highest BCUT2D eigenvalue weighted by atomic mass is 35.5. The number of rotatable bonds is 10. The predicted molar refractivity (Wildman–Crippen MR) is 140 cm³/mol. The minimum Gasteiger partial charge on any atom is -0.481 e. The molecule has 0 aliphatic heterocycles. The van der Waals surface area contributed by atoms with Crippen LogP contribution in [0.4, 0.5) is 17.2 Å². The highest BCUT2D eigenvalue weighted by molar-refractivity contribution is 7.91. The lowest BCUT2D eigenvalue weighted by Gasteiger charge is -2.24. The summed E-state index contributed by atoms with van der Waals surface area (Å²) in [4.78, 5) is 33.5. The van der Waals surface area contributed by atoms with Crippen molar-refractivity contribution < 1.29 is 23.1 Å². The van der Waals surface area contributed by atoms with Crippen molar-refractivity contribution in [2.75, 3.05) is 22.5 Å². The Hall–Kier alpha value is -2.92. The molecule has 13 heteroatoms. The molecule has 0 saturated heterocycles. The van der Waals surface area contributed by atoms with Gasteiger partial charge in [-0.3, -0.25) is 14.6 Å². The monoisotopic (exact) mass is 570 g/mol. The number of carboxylic acids is 1. The summed E-state index contributed by atoms with van der Waals surface area (Å²) in [6, 6.07) is 7.54. The molecule has 2 N–H and O–H groups in total. The Morgan fingerprint density at radius 3 is 2.25 bits per heavy atom. The molecule has 0 spiro atoms. The van der Waals surface area contributed by atoms with Gasteiger partial charge in [0, 0.05) is 42.5 Å². The number of aromatic nitrogens is 2. The Morgan fingerprint density at radius 2 is 1.67 bits per heavy atom. The van der Waals surface area contributed by atoms with Crippen molar-refractivity contribution in [1.29, 1.82) is 0 Å². The Balaban J connectivity index is 1.94. The molecule has 36 heavy (non-hydrogen) atoms. The average Bonchev–Trinajstić information content (AvgIpc) is 2.82. The van der Waals surface area contributed by atoms with Crippen molar-refractivity contribution in [3.8, 4) is 0 Å². The van der Waals surface area contributed by atoms with Gasteiger partial charge in [-0.1, -0.05) is 41.7 Å². The van der Waals surface area contributed by atoms with E-state index in [1.807, 2.05) is 0 Å². The van der Waals surface area contributed by atoms with E-state index in [1.54, 1.807) is 19.1 Å². The summed E-state index contributed by atoms with van der Waals surface area (Å²) in [5, 5.41) is 12.2. The maximum absolute atomic E-state index is 12.7. The molecule has 0 bridgehead atoms. The second kappa shape index (κ2) is 11.9. The number of nitrogens with one attached hydrogen (secondary N) is 1. The first-order valence-electron chi connectivity index (χ1n) is 10.6.